The quantitative estimate of drug-likeness (QED) is 0.869. The Bertz CT molecular complexity index is 509. The highest BCUT2D eigenvalue weighted by atomic mass is 35.5. The summed E-state index contributed by atoms with van der Waals surface area (Å²) in [6.45, 7) is 0. The fourth-order valence-corrected chi connectivity index (χ4v) is 2.16. The van der Waals surface area contributed by atoms with Gasteiger partial charge >= 0.3 is 0 Å². The number of benzene rings is 2. The van der Waals surface area contributed by atoms with Crippen molar-refractivity contribution in [2.75, 3.05) is 0 Å². The van der Waals surface area contributed by atoms with Crippen LogP contribution in [-0.4, -0.2) is 5.11 Å². The molecule has 0 amide bonds. The van der Waals surface area contributed by atoms with Crippen LogP contribution >= 0.6 is 23.2 Å². The van der Waals surface area contributed by atoms with Crippen LogP contribution in [0.2, 0.25) is 10.0 Å². The Hall–Kier alpha value is -1.18. The summed E-state index contributed by atoms with van der Waals surface area (Å²) >= 11 is 11.8. The summed E-state index contributed by atoms with van der Waals surface area (Å²) in [5.74, 6) is -0.0288. The van der Waals surface area contributed by atoms with E-state index in [2.05, 4.69) is 12.1 Å². The fraction of sp³-hybridized carbons (Fsp3) is 0.143. The summed E-state index contributed by atoms with van der Waals surface area (Å²) in [4.78, 5) is 0. The zero-order valence-electron chi connectivity index (χ0n) is 9.16. The molecule has 2 aromatic carbocycles. The minimum Gasteiger partial charge on any atom is -0.505 e. The molecule has 0 radical (unpaired) electrons. The summed E-state index contributed by atoms with van der Waals surface area (Å²) in [6, 6.07) is 13.7. The van der Waals surface area contributed by atoms with Crippen molar-refractivity contribution in [2.45, 2.75) is 12.8 Å². The summed E-state index contributed by atoms with van der Waals surface area (Å²) in [5.41, 5.74) is 2.16. The Balaban J connectivity index is 2.13. The van der Waals surface area contributed by atoms with Gasteiger partial charge in [-0.3, -0.25) is 0 Å². The Morgan fingerprint density at radius 3 is 2.29 bits per heavy atom. The number of rotatable bonds is 3. The van der Waals surface area contributed by atoms with Crippen LogP contribution < -0.4 is 0 Å². The third-order valence-corrected chi connectivity index (χ3v) is 3.40. The molecule has 0 saturated carbocycles. The SMILES string of the molecule is Oc1c(Cl)ccc(CCc2ccccc2)c1Cl. The van der Waals surface area contributed by atoms with Crippen LogP contribution in [0, 0.1) is 0 Å². The molecule has 0 aliphatic heterocycles. The second-order valence-electron chi connectivity index (χ2n) is 3.85. The van der Waals surface area contributed by atoms with Crippen LogP contribution in [0.4, 0.5) is 0 Å². The first-order valence-corrected chi connectivity index (χ1v) is 6.14. The van der Waals surface area contributed by atoms with Gasteiger partial charge in [0.05, 0.1) is 10.0 Å². The normalized spacial score (nSPS) is 10.5. The Morgan fingerprint density at radius 1 is 0.882 bits per heavy atom. The first-order chi connectivity index (χ1) is 8.18. The van der Waals surface area contributed by atoms with Crippen molar-refractivity contribution >= 4 is 23.2 Å². The number of hydrogen-bond donors (Lipinski definition) is 1. The maximum absolute atomic E-state index is 9.62. The van der Waals surface area contributed by atoms with Gasteiger partial charge in [-0.15, -0.1) is 0 Å². The molecule has 0 spiro atoms. The predicted molar refractivity (Wildman–Crippen MR) is 72.0 cm³/mol. The van der Waals surface area contributed by atoms with Crippen LogP contribution in [-0.2, 0) is 12.8 Å². The molecule has 0 aromatic heterocycles. The number of aryl methyl sites for hydroxylation is 2. The Kier molecular flexibility index (Phi) is 3.93. The molecule has 0 fully saturated rings. The molecular weight excluding hydrogens is 255 g/mol. The number of hydrogen-bond acceptors (Lipinski definition) is 1. The van der Waals surface area contributed by atoms with Crippen LogP contribution in [0.25, 0.3) is 0 Å². The topological polar surface area (TPSA) is 20.2 Å². The second kappa shape index (κ2) is 5.44. The van der Waals surface area contributed by atoms with E-state index in [1.54, 1.807) is 6.07 Å². The largest absolute Gasteiger partial charge is 0.505 e. The molecule has 0 aliphatic carbocycles. The molecule has 0 unspecified atom stereocenters. The molecule has 2 rings (SSSR count). The molecular formula is C14H12Cl2O. The van der Waals surface area contributed by atoms with Crippen molar-refractivity contribution in [2.24, 2.45) is 0 Å². The maximum atomic E-state index is 9.62. The molecule has 2 aromatic rings. The van der Waals surface area contributed by atoms with Crippen LogP contribution in [0.3, 0.4) is 0 Å². The fourth-order valence-electron chi connectivity index (χ4n) is 1.70. The molecule has 0 heterocycles. The third kappa shape index (κ3) is 2.93. The lowest BCUT2D eigenvalue weighted by atomic mass is 10.0. The van der Waals surface area contributed by atoms with Crippen LogP contribution in [0.15, 0.2) is 42.5 Å². The molecule has 17 heavy (non-hydrogen) atoms. The molecule has 1 nitrogen and oxygen atoms in total. The van der Waals surface area contributed by atoms with Crippen molar-refractivity contribution in [3.63, 3.8) is 0 Å². The minimum atomic E-state index is -0.0288. The predicted octanol–water partition coefficient (Wildman–Crippen LogP) is 4.48. The lowest BCUT2D eigenvalue weighted by Gasteiger charge is -2.07. The van der Waals surface area contributed by atoms with Gasteiger partial charge in [-0.2, -0.15) is 0 Å². The third-order valence-electron chi connectivity index (χ3n) is 2.67. The molecule has 0 atom stereocenters. The molecule has 0 saturated heterocycles. The summed E-state index contributed by atoms with van der Waals surface area (Å²) in [6.07, 6.45) is 1.68. The van der Waals surface area contributed by atoms with E-state index in [4.69, 9.17) is 23.2 Å². The van der Waals surface area contributed by atoms with E-state index in [0.717, 1.165) is 18.4 Å². The highest BCUT2D eigenvalue weighted by molar-refractivity contribution is 6.37. The molecule has 88 valence electrons. The van der Waals surface area contributed by atoms with Gasteiger partial charge in [-0.05, 0) is 30.0 Å². The van der Waals surface area contributed by atoms with Crippen molar-refractivity contribution in [3.8, 4) is 5.75 Å². The van der Waals surface area contributed by atoms with Gasteiger partial charge in [0.2, 0.25) is 0 Å². The Morgan fingerprint density at radius 2 is 1.59 bits per heavy atom. The summed E-state index contributed by atoms with van der Waals surface area (Å²) < 4.78 is 0. The van der Waals surface area contributed by atoms with Crippen molar-refractivity contribution in [3.05, 3.63) is 63.6 Å². The minimum absolute atomic E-state index is 0.0288. The van der Waals surface area contributed by atoms with E-state index in [1.807, 2.05) is 24.3 Å². The van der Waals surface area contributed by atoms with Gasteiger partial charge in [0.15, 0.2) is 5.75 Å². The van der Waals surface area contributed by atoms with Gasteiger partial charge in [-0.25, -0.2) is 0 Å². The van der Waals surface area contributed by atoms with Crippen LogP contribution in [0.5, 0.6) is 5.75 Å². The van der Waals surface area contributed by atoms with Crippen molar-refractivity contribution in [1.29, 1.82) is 0 Å². The average molecular weight is 267 g/mol. The van der Waals surface area contributed by atoms with Gasteiger partial charge in [-0.1, -0.05) is 59.6 Å². The number of aromatic hydroxyl groups is 1. The van der Waals surface area contributed by atoms with Gasteiger partial charge in [0.1, 0.15) is 0 Å². The number of halogens is 2. The van der Waals surface area contributed by atoms with E-state index in [0.29, 0.717) is 10.0 Å². The second-order valence-corrected chi connectivity index (χ2v) is 4.64. The van der Waals surface area contributed by atoms with Crippen molar-refractivity contribution < 1.29 is 5.11 Å². The lowest BCUT2D eigenvalue weighted by Crippen LogP contribution is -1.92. The summed E-state index contributed by atoms with van der Waals surface area (Å²) in [7, 11) is 0. The molecule has 0 aliphatic rings. The monoisotopic (exact) mass is 266 g/mol. The van der Waals surface area contributed by atoms with Gasteiger partial charge < -0.3 is 5.11 Å². The zero-order chi connectivity index (χ0) is 12.3. The van der Waals surface area contributed by atoms with E-state index in [-0.39, 0.29) is 5.75 Å². The van der Waals surface area contributed by atoms with E-state index >= 15 is 0 Å². The average Bonchev–Trinajstić information content (AvgIpc) is 2.36. The van der Waals surface area contributed by atoms with Crippen molar-refractivity contribution in [1.82, 2.24) is 0 Å². The highest BCUT2D eigenvalue weighted by Gasteiger charge is 2.09. The lowest BCUT2D eigenvalue weighted by molar-refractivity contribution is 0.475. The molecule has 1 N–H and O–H groups in total. The number of phenolic OH excluding ortho intramolecular Hbond substituents is 1. The summed E-state index contributed by atoms with van der Waals surface area (Å²) in [5, 5.41) is 10.3. The standard InChI is InChI=1S/C14H12Cl2O/c15-12-9-8-11(13(16)14(12)17)7-6-10-4-2-1-3-5-10/h1-5,8-9,17H,6-7H2. The maximum Gasteiger partial charge on any atom is 0.153 e. The molecule has 0 bridgehead atoms. The first kappa shape index (κ1) is 12.3. The van der Waals surface area contributed by atoms with Gasteiger partial charge in [0, 0.05) is 0 Å². The van der Waals surface area contributed by atoms with Gasteiger partial charge in [0.25, 0.3) is 0 Å². The Labute approximate surface area is 111 Å². The van der Waals surface area contributed by atoms with E-state index in [1.165, 1.54) is 5.56 Å². The number of phenols is 1. The smallest absolute Gasteiger partial charge is 0.153 e. The van der Waals surface area contributed by atoms with Crippen LogP contribution in [0.1, 0.15) is 11.1 Å². The van der Waals surface area contributed by atoms with E-state index in [9.17, 15) is 5.11 Å². The molecule has 3 heteroatoms. The van der Waals surface area contributed by atoms with E-state index < -0.39 is 0 Å². The zero-order valence-corrected chi connectivity index (χ0v) is 10.7. The highest BCUT2D eigenvalue weighted by Crippen LogP contribution is 2.34. The first-order valence-electron chi connectivity index (χ1n) is 5.38.